The Morgan fingerprint density at radius 2 is 1.88 bits per heavy atom. The van der Waals surface area contributed by atoms with Crippen LogP contribution in [0.4, 0.5) is 13.2 Å². The molecular weight excluding hydrogens is 261 g/mol. The molecule has 0 saturated heterocycles. The lowest BCUT2D eigenvalue weighted by atomic mass is 9.91. The summed E-state index contributed by atoms with van der Waals surface area (Å²) in [5.74, 6) is 0. The first-order valence-electron chi connectivity index (χ1n) is 5.37. The van der Waals surface area contributed by atoms with Crippen LogP contribution in [0.1, 0.15) is 12.8 Å². The maximum Gasteiger partial charge on any atom is 0.391 e. The Balaban J connectivity index is 2.16. The minimum Gasteiger partial charge on any atom is -0.382 e. The van der Waals surface area contributed by atoms with E-state index in [2.05, 4.69) is 0 Å². The van der Waals surface area contributed by atoms with Crippen LogP contribution < -0.4 is 0 Å². The standard InChI is InChI=1S/C10H16ClF3O3/c1-15-4-5-17-9-7(11)6-8(9)16-3-2-10(12,13)14/h7-9H,2-6H2,1H3. The number of methoxy groups -OCH3 is 1. The van der Waals surface area contributed by atoms with E-state index in [9.17, 15) is 13.2 Å². The fraction of sp³-hybridized carbons (Fsp3) is 1.00. The Bertz CT molecular complexity index is 225. The van der Waals surface area contributed by atoms with Gasteiger partial charge in [0.25, 0.3) is 0 Å². The van der Waals surface area contributed by atoms with Gasteiger partial charge in [0.05, 0.1) is 37.7 Å². The Kier molecular flexibility index (Phi) is 5.99. The minimum absolute atomic E-state index is 0.192. The molecule has 1 rings (SSSR count). The third-order valence-electron chi connectivity index (χ3n) is 2.50. The largest absolute Gasteiger partial charge is 0.391 e. The van der Waals surface area contributed by atoms with Crippen molar-refractivity contribution in [3.8, 4) is 0 Å². The minimum atomic E-state index is -4.18. The van der Waals surface area contributed by atoms with Crippen LogP contribution in [0.5, 0.6) is 0 Å². The predicted octanol–water partition coefficient (Wildman–Crippen LogP) is 2.37. The van der Waals surface area contributed by atoms with E-state index in [4.69, 9.17) is 25.8 Å². The molecule has 0 heterocycles. The molecule has 1 saturated carbocycles. The summed E-state index contributed by atoms with van der Waals surface area (Å²) in [7, 11) is 1.54. The first kappa shape index (κ1) is 15.0. The van der Waals surface area contributed by atoms with E-state index in [1.807, 2.05) is 0 Å². The lowest BCUT2D eigenvalue weighted by Gasteiger charge is -2.40. The molecule has 0 aromatic rings. The average Bonchev–Trinajstić information content (AvgIpc) is 2.21. The molecule has 1 aliphatic carbocycles. The van der Waals surface area contributed by atoms with Crippen molar-refractivity contribution in [2.45, 2.75) is 36.6 Å². The first-order chi connectivity index (χ1) is 7.94. The summed E-state index contributed by atoms with van der Waals surface area (Å²) in [4.78, 5) is 0. The molecule has 0 bridgehead atoms. The second kappa shape index (κ2) is 6.78. The summed E-state index contributed by atoms with van der Waals surface area (Å²) in [6, 6.07) is 0. The van der Waals surface area contributed by atoms with Crippen LogP contribution in [0.15, 0.2) is 0 Å². The highest BCUT2D eigenvalue weighted by Crippen LogP contribution is 2.32. The van der Waals surface area contributed by atoms with Crippen molar-refractivity contribution in [1.29, 1.82) is 0 Å². The van der Waals surface area contributed by atoms with Gasteiger partial charge in [-0.05, 0) is 6.42 Å². The van der Waals surface area contributed by atoms with E-state index in [0.29, 0.717) is 19.6 Å². The van der Waals surface area contributed by atoms with Crippen LogP contribution in [0.3, 0.4) is 0 Å². The average molecular weight is 277 g/mol. The fourth-order valence-corrected chi connectivity index (χ4v) is 1.91. The van der Waals surface area contributed by atoms with Gasteiger partial charge in [0.2, 0.25) is 0 Å². The van der Waals surface area contributed by atoms with E-state index in [-0.39, 0.29) is 24.2 Å². The highest BCUT2D eigenvalue weighted by Gasteiger charge is 2.42. The third kappa shape index (κ3) is 5.42. The predicted molar refractivity (Wildman–Crippen MR) is 56.3 cm³/mol. The summed E-state index contributed by atoms with van der Waals surface area (Å²) < 4.78 is 50.9. The van der Waals surface area contributed by atoms with Crippen LogP contribution in [0.2, 0.25) is 0 Å². The van der Waals surface area contributed by atoms with Crippen LogP contribution in [0.25, 0.3) is 0 Å². The van der Waals surface area contributed by atoms with Crippen molar-refractivity contribution < 1.29 is 27.4 Å². The van der Waals surface area contributed by atoms with Crippen LogP contribution in [-0.2, 0) is 14.2 Å². The SMILES string of the molecule is COCCOC1C(Cl)CC1OCCC(F)(F)F. The van der Waals surface area contributed by atoms with Crippen LogP contribution in [-0.4, -0.2) is 50.7 Å². The van der Waals surface area contributed by atoms with Gasteiger partial charge < -0.3 is 14.2 Å². The van der Waals surface area contributed by atoms with Crippen molar-refractivity contribution in [2.24, 2.45) is 0 Å². The highest BCUT2D eigenvalue weighted by molar-refractivity contribution is 6.21. The summed E-state index contributed by atoms with van der Waals surface area (Å²) in [6.07, 6.45) is -5.27. The van der Waals surface area contributed by atoms with Gasteiger partial charge in [-0.2, -0.15) is 13.2 Å². The van der Waals surface area contributed by atoms with Crippen LogP contribution >= 0.6 is 11.6 Å². The van der Waals surface area contributed by atoms with Crippen LogP contribution in [0, 0.1) is 0 Å². The zero-order valence-corrected chi connectivity index (χ0v) is 10.3. The maximum absolute atomic E-state index is 11.9. The molecule has 3 unspecified atom stereocenters. The summed E-state index contributed by atoms with van der Waals surface area (Å²) in [5.41, 5.74) is 0. The Morgan fingerprint density at radius 3 is 2.41 bits per heavy atom. The van der Waals surface area contributed by atoms with Gasteiger partial charge in [0, 0.05) is 7.11 Å². The van der Waals surface area contributed by atoms with Gasteiger partial charge >= 0.3 is 6.18 Å². The Labute approximate surface area is 103 Å². The quantitative estimate of drug-likeness (QED) is 0.528. The number of hydrogen-bond acceptors (Lipinski definition) is 3. The normalized spacial score (nSPS) is 29.1. The van der Waals surface area contributed by atoms with Gasteiger partial charge in [-0.15, -0.1) is 11.6 Å². The lowest BCUT2D eigenvalue weighted by Crippen LogP contribution is -2.51. The molecule has 17 heavy (non-hydrogen) atoms. The molecule has 3 atom stereocenters. The fourth-order valence-electron chi connectivity index (χ4n) is 1.50. The second-order valence-electron chi connectivity index (χ2n) is 3.85. The highest BCUT2D eigenvalue weighted by atomic mass is 35.5. The molecule has 0 aliphatic heterocycles. The lowest BCUT2D eigenvalue weighted by molar-refractivity contribution is -0.170. The third-order valence-corrected chi connectivity index (χ3v) is 2.92. The zero-order chi connectivity index (χ0) is 12.9. The van der Waals surface area contributed by atoms with E-state index in [1.54, 1.807) is 7.11 Å². The Hall–Kier alpha value is -0.0400. The molecular formula is C10H16ClF3O3. The van der Waals surface area contributed by atoms with Gasteiger partial charge in [-0.1, -0.05) is 0 Å². The van der Waals surface area contributed by atoms with E-state index < -0.39 is 12.6 Å². The maximum atomic E-state index is 11.9. The molecule has 1 fully saturated rings. The molecule has 0 radical (unpaired) electrons. The molecule has 3 nitrogen and oxygen atoms in total. The smallest absolute Gasteiger partial charge is 0.382 e. The van der Waals surface area contributed by atoms with E-state index in [1.165, 1.54) is 0 Å². The number of halogens is 4. The van der Waals surface area contributed by atoms with E-state index >= 15 is 0 Å². The number of alkyl halides is 4. The molecule has 0 N–H and O–H groups in total. The number of ether oxygens (including phenoxy) is 3. The molecule has 0 aromatic heterocycles. The van der Waals surface area contributed by atoms with Gasteiger partial charge in [-0.25, -0.2) is 0 Å². The summed E-state index contributed by atoms with van der Waals surface area (Å²) in [6.45, 7) is 0.445. The van der Waals surface area contributed by atoms with Gasteiger partial charge in [0.15, 0.2) is 0 Å². The molecule has 7 heteroatoms. The molecule has 0 amide bonds. The number of rotatable bonds is 7. The second-order valence-corrected chi connectivity index (χ2v) is 4.41. The van der Waals surface area contributed by atoms with Crippen molar-refractivity contribution >= 4 is 11.6 Å². The topological polar surface area (TPSA) is 27.7 Å². The van der Waals surface area contributed by atoms with Crippen molar-refractivity contribution in [2.75, 3.05) is 26.9 Å². The van der Waals surface area contributed by atoms with Crippen molar-refractivity contribution in [3.63, 3.8) is 0 Å². The van der Waals surface area contributed by atoms with E-state index in [0.717, 1.165) is 0 Å². The Morgan fingerprint density at radius 1 is 1.18 bits per heavy atom. The van der Waals surface area contributed by atoms with Gasteiger partial charge in [0.1, 0.15) is 6.10 Å². The summed E-state index contributed by atoms with van der Waals surface area (Å²) >= 11 is 5.89. The van der Waals surface area contributed by atoms with Crippen molar-refractivity contribution in [3.05, 3.63) is 0 Å². The first-order valence-corrected chi connectivity index (χ1v) is 5.80. The molecule has 0 spiro atoms. The van der Waals surface area contributed by atoms with Gasteiger partial charge in [-0.3, -0.25) is 0 Å². The number of hydrogen-bond donors (Lipinski definition) is 0. The molecule has 1 aliphatic rings. The zero-order valence-electron chi connectivity index (χ0n) is 9.50. The molecule has 0 aromatic carbocycles. The summed E-state index contributed by atoms with van der Waals surface area (Å²) in [5, 5.41) is -0.192. The van der Waals surface area contributed by atoms with Crippen molar-refractivity contribution in [1.82, 2.24) is 0 Å². The monoisotopic (exact) mass is 276 g/mol. The molecule has 102 valence electrons.